The van der Waals surface area contributed by atoms with Crippen LogP contribution in [0.15, 0.2) is 59.6 Å². The molecule has 3 amide bonds. The number of alkyl carbamates (subject to hydrolysis) is 1. The van der Waals surface area contributed by atoms with Crippen molar-refractivity contribution in [3.8, 4) is 11.5 Å². The first-order valence-corrected chi connectivity index (χ1v) is 14.9. The number of amides is 3. The number of benzene rings is 2. The minimum Gasteiger partial charge on any atom is -0.496 e. The molecule has 0 aliphatic rings. The van der Waals surface area contributed by atoms with Crippen molar-refractivity contribution in [1.29, 1.82) is 0 Å². The zero-order valence-electron chi connectivity index (χ0n) is 25.3. The standard InChI is InChI=1S/C17H20FN3O4S.C12H12FN3O2S.ClH/c1-17(2,3)25-16(23)20-13(14(22)21-15-19-7-8-26-15)11-9-10(18)5-6-12(11)24-4;1-18-9-3-2-7(13)6-8(9)10(14)11(17)16-12-15-4-5-19-12;/h5-9,13H,1-4H3,(H,20,23)(H,19,21,22);2-6,10H,14H2,1H3,(H,15,16,17);1H. The van der Waals surface area contributed by atoms with Gasteiger partial charge in [0, 0.05) is 34.3 Å². The molecule has 0 spiro atoms. The normalized spacial score (nSPS) is 11.8. The number of anilines is 2. The fourth-order valence-electron chi connectivity index (χ4n) is 3.66. The number of methoxy groups -OCH3 is 2. The van der Waals surface area contributed by atoms with E-state index in [9.17, 15) is 23.2 Å². The minimum atomic E-state index is -1.24. The summed E-state index contributed by atoms with van der Waals surface area (Å²) in [7, 11) is 2.82. The Kier molecular flexibility index (Phi) is 14.3. The van der Waals surface area contributed by atoms with Gasteiger partial charge in [-0.15, -0.1) is 35.1 Å². The molecule has 0 saturated carbocycles. The van der Waals surface area contributed by atoms with Crippen LogP contribution in [0.25, 0.3) is 0 Å². The third-order valence-corrected chi connectivity index (χ3v) is 6.94. The number of carbonyl (C=O) groups is 3. The average molecular weight is 699 g/mol. The lowest BCUT2D eigenvalue weighted by molar-refractivity contribution is -0.118. The van der Waals surface area contributed by atoms with Crippen LogP contribution in [0.3, 0.4) is 0 Å². The van der Waals surface area contributed by atoms with Gasteiger partial charge >= 0.3 is 6.09 Å². The third kappa shape index (κ3) is 11.2. The van der Waals surface area contributed by atoms with Crippen molar-refractivity contribution >= 4 is 63.3 Å². The molecule has 17 heteroatoms. The summed E-state index contributed by atoms with van der Waals surface area (Å²) in [6, 6.07) is 5.30. The summed E-state index contributed by atoms with van der Waals surface area (Å²) in [5, 5.41) is 11.8. The number of thiazole rings is 2. The van der Waals surface area contributed by atoms with Crippen LogP contribution in [0.4, 0.5) is 23.8 Å². The lowest BCUT2D eigenvalue weighted by Crippen LogP contribution is -2.40. The highest BCUT2D eigenvalue weighted by Crippen LogP contribution is 2.28. The monoisotopic (exact) mass is 698 g/mol. The number of ether oxygens (including phenoxy) is 3. The van der Waals surface area contributed by atoms with Crippen molar-refractivity contribution in [2.24, 2.45) is 5.73 Å². The van der Waals surface area contributed by atoms with Crippen LogP contribution in [0, 0.1) is 11.6 Å². The van der Waals surface area contributed by atoms with Gasteiger partial charge in [-0.3, -0.25) is 14.9 Å². The number of nitrogens with two attached hydrogens (primary N) is 1. The Morgan fingerprint density at radius 2 is 1.30 bits per heavy atom. The van der Waals surface area contributed by atoms with Crippen molar-refractivity contribution in [3.63, 3.8) is 0 Å². The number of nitrogens with zero attached hydrogens (tertiary/aromatic N) is 2. The summed E-state index contributed by atoms with van der Waals surface area (Å²) in [6.07, 6.45) is 2.27. The molecule has 0 bridgehead atoms. The van der Waals surface area contributed by atoms with E-state index in [1.807, 2.05) is 0 Å². The van der Waals surface area contributed by atoms with E-state index in [1.165, 1.54) is 73.4 Å². The Hall–Kier alpha value is -4.38. The van der Waals surface area contributed by atoms with Gasteiger partial charge in [0.05, 0.1) is 14.2 Å². The molecule has 2 aromatic heterocycles. The largest absolute Gasteiger partial charge is 0.496 e. The fraction of sp³-hybridized carbons (Fsp3) is 0.276. The Bertz CT molecular complexity index is 1590. The molecule has 2 atom stereocenters. The molecule has 0 fully saturated rings. The van der Waals surface area contributed by atoms with Gasteiger partial charge < -0.3 is 30.6 Å². The van der Waals surface area contributed by atoms with Crippen LogP contribution in [0.1, 0.15) is 44.0 Å². The number of halogens is 3. The first-order chi connectivity index (χ1) is 21.3. The van der Waals surface area contributed by atoms with Crippen molar-refractivity contribution in [2.75, 3.05) is 24.9 Å². The summed E-state index contributed by atoms with van der Waals surface area (Å²) in [5.74, 6) is -1.51. The van der Waals surface area contributed by atoms with Crippen LogP contribution in [0.2, 0.25) is 0 Å². The Morgan fingerprint density at radius 1 is 0.826 bits per heavy atom. The van der Waals surface area contributed by atoms with Crippen LogP contribution < -0.4 is 31.2 Å². The van der Waals surface area contributed by atoms with E-state index in [4.69, 9.17) is 19.9 Å². The van der Waals surface area contributed by atoms with E-state index in [1.54, 1.807) is 37.7 Å². The van der Waals surface area contributed by atoms with Gasteiger partial charge in [-0.05, 0) is 57.2 Å². The molecule has 46 heavy (non-hydrogen) atoms. The van der Waals surface area contributed by atoms with Crippen LogP contribution in [-0.2, 0) is 14.3 Å². The maximum atomic E-state index is 13.8. The van der Waals surface area contributed by atoms with E-state index in [2.05, 4.69) is 25.9 Å². The van der Waals surface area contributed by atoms with E-state index < -0.39 is 47.2 Å². The molecular weight excluding hydrogens is 666 g/mol. The first-order valence-electron chi connectivity index (χ1n) is 13.1. The highest BCUT2D eigenvalue weighted by Gasteiger charge is 2.29. The van der Waals surface area contributed by atoms with Gasteiger partial charge in [-0.1, -0.05) is 0 Å². The van der Waals surface area contributed by atoms with E-state index in [0.717, 1.165) is 6.07 Å². The second kappa shape index (κ2) is 17.4. The molecule has 4 rings (SSSR count). The second-order valence-electron chi connectivity index (χ2n) is 9.98. The molecule has 0 aliphatic carbocycles. The summed E-state index contributed by atoms with van der Waals surface area (Å²) in [4.78, 5) is 44.7. The fourth-order valence-corrected chi connectivity index (χ4v) is 4.72. The number of nitrogens with one attached hydrogen (secondary N) is 3. The predicted molar refractivity (Wildman–Crippen MR) is 174 cm³/mol. The topological polar surface area (TPSA) is 167 Å². The highest BCUT2D eigenvalue weighted by atomic mass is 35.5. The number of aromatic nitrogens is 2. The summed E-state index contributed by atoms with van der Waals surface area (Å²) in [5.41, 5.74) is 5.51. The number of carbonyl (C=O) groups excluding carboxylic acids is 3. The second-order valence-corrected chi connectivity index (χ2v) is 11.8. The molecule has 12 nitrogen and oxygen atoms in total. The van der Waals surface area contributed by atoms with E-state index in [0.29, 0.717) is 16.0 Å². The smallest absolute Gasteiger partial charge is 0.408 e. The summed E-state index contributed by atoms with van der Waals surface area (Å²) in [6.45, 7) is 5.08. The molecule has 248 valence electrons. The van der Waals surface area contributed by atoms with Crippen LogP contribution in [0.5, 0.6) is 11.5 Å². The van der Waals surface area contributed by atoms with E-state index in [-0.39, 0.29) is 29.3 Å². The summed E-state index contributed by atoms with van der Waals surface area (Å²) >= 11 is 2.49. The molecule has 0 saturated heterocycles. The zero-order chi connectivity index (χ0) is 33.1. The number of hydrogen-bond acceptors (Lipinski definition) is 11. The number of hydrogen-bond donors (Lipinski definition) is 4. The molecule has 5 N–H and O–H groups in total. The third-order valence-electron chi connectivity index (χ3n) is 5.56. The molecule has 4 aromatic rings. The maximum absolute atomic E-state index is 13.8. The van der Waals surface area contributed by atoms with Gasteiger partial charge in [-0.25, -0.2) is 23.5 Å². The summed E-state index contributed by atoms with van der Waals surface area (Å²) < 4.78 is 42.4. The van der Waals surface area contributed by atoms with Crippen molar-refractivity contribution in [1.82, 2.24) is 15.3 Å². The van der Waals surface area contributed by atoms with Crippen molar-refractivity contribution in [2.45, 2.75) is 38.5 Å². The molecular formula is C29H33ClF2N6O6S2. The predicted octanol–water partition coefficient (Wildman–Crippen LogP) is 5.85. The van der Waals surface area contributed by atoms with Crippen molar-refractivity contribution in [3.05, 3.63) is 82.3 Å². The molecule has 0 aliphatic heterocycles. The number of rotatable bonds is 9. The maximum Gasteiger partial charge on any atom is 0.408 e. The van der Waals surface area contributed by atoms with Crippen LogP contribution >= 0.6 is 35.1 Å². The molecule has 2 heterocycles. The van der Waals surface area contributed by atoms with Gasteiger partial charge in [0.15, 0.2) is 10.3 Å². The SMILES string of the molecule is COc1ccc(F)cc1C(N)C(=O)Nc1nccs1.COc1ccc(F)cc1C(NC(=O)OC(C)(C)C)C(=O)Nc1nccs1.Cl. The molecule has 2 aromatic carbocycles. The quantitative estimate of drug-likeness (QED) is 0.168. The Balaban J connectivity index is 0.000000328. The highest BCUT2D eigenvalue weighted by molar-refractivity contribution is 7.14. The van der Waals surface area contributed by atoms with Gasteiger partial charge in [0.1, 0.15) is 40.8 Å². The van der Waals surface area contributed by atoms with E-state index >= 15 is 0 Å². The Morgan fingerprint density at radius 3 is 1.76 bits per heavy atom. The first kappa shape index (κ1) is 37.8. The molecule has 2 unspecified atom stereocenters. The van der Waals surface area contributed by atoms with Gasteiger partial charge in [0.25, 0.3) is 5.91 Å². The van der Waals surface area contributed by atoms with Crippen LogP contribution in [-0.4, -0.2) is 47.7 Å². The Labute approximate surface area is 278 Å². The minimum absolute atomic E-state index is 0. The zero-order valence-corrected chi connectivity index (χ0v) is 27.8. The molecule has 0 radical (unpaired) electrons. The lowest BCUT2D eigenvalue weighted by Gasteiger charge is -2.24. The average Bonchev–Trinajstić information content (AvgIpc) is 3.69. The van der Waals surface area contributed by atoms with Crippen molar-refractivity contribution < 1.29 is 37.4 Å². The lowest BCUT2D eigenvalue weighted by atomic mass is 10.0. The van der Waals surface area contributed by atoms with Gasteiger partial charge in [-0.2, -0.15) is 0 Å². The van der Waals surface area contributed by atoms with Gasteiger partial charge in [0.2, 0.25) is 5.91 Å².